The molecule has 2 aliphatic rings. The number of likely N-dealkylation sites (tertiary alicyclic amines) is 1. The Bertz CT molecular complexity index is 502. The van der Waals surface area contributed by atoms with E-state index in [0.717, 1.165) is 44.5 Å². The summed E-state index contributed by atoms with van der Waals surface area (Å²) < 4.78 is 43.2. The summed E-state index contributed by atoms with van der Waals surface area (Å²) in [5, 5.41) is 0. The molecular weight excluding hydrogens is 291 g/mol. The van der Waals surface area contributed by atoms with Gasteiger partial charge in [-0.15, -0.1) is 0 Å². The van der Waals surface area contributed by atoms with E-state index >= 15 is 0 Å². The zero-order valence-corrected chi connectivity index (χ0v) is 12.8. The normalized spacial score (nSPS) is 25.2. The van der Waals surface area contributed by atoms with Crippen molar-refractivity contribution >= 4 is 0 Å². The predicted octanol–water partition coefficient (Wildman–Crippen LogP) is 4.10. The van der Waals surface area contributed by atoms with Crippen LogP contribution in [0.1, 0.15) is 36.8 Å². The molecule has 0 N–H and O–H groups in total. The molecular formula is C17H22F3NO. The highest BCUT2D eigenvalue weighted by Gasteiger charge is 2.48. The van der Waals surface area contributed by atoms with E-state index in [1.54, 1.807) is 19.2 Å². The second-order valence-corrected chi connectivity index (χ2v) is 6.60. The summed E-state index contributed by atoms with van der Waals surface area (Å²) in [6.45, 7) is 2.73. The minimum Gasteiger partial charge on any atom is -0.381 e. The molecule has 122 valence electrons. The Hall–Kier alpha value is -1.07. The van der Waals surface area contributed by atoms with Crippen molar-refractivity contribution in [2.24, 2.45) is 5.41 Å². The van der Waals surface area contributed by atoms with Gasteiger partial charge in [-0.05, 0) is 61.9 Å². The number of rotatable bonds is 3. The zero-order chi connectivity index (χ0) is 15.8. The van der Waals surface area contributed by atoms with Gasteiger partial charge in [-0.25, -0.2) is 0 Å². The van der Waals surface area contributed by atoms with E-state index in [4.69, 9.17) is 4.74 Å². The third-order valence-corrected chi connectivity index (χ3v) is 5.41. The van der Waals surface area contributed by atoms with Crippen molar-refractivity contribution in [3.63, 3.8) is 0 Å². The van der Waals surface area contributed by atoms with Crippen LogP contribution in [0.15, 0.2) is 24.3 Å². The molecule has 2 nitrogen and oxygen atoms in total. The van der Waals surface area contributed by atoms with E-state index in [9.17, 15) is 13.2 Å². The Balaban J connectivity index is 1.55. The van der Waals surface area contributed by atoms with Gasteiger partial charge in [0.15, 0.2) is 0 Å². The number of nitrogens with zero attached hydrogens (tertiary/aromatic N) is 1. The molecule has 5 heteroatoms. The quantitative estimate of drug-likeness (QED) is 0.833. The van der Waals surface area contributed by atoms with Gasteiger partial charge < -0.3 is 4.74 Å². The molecule has 1 saturated heterocycles. The van der Waals surface area contributed by atoms with Crippen LogP contribution in [-0.2, 0) is 17.5 Å². The maximum atomic E-state index is 12.6. The minimum atomic E-state index is -4.25. The van der Waals surface area contributed by atoms with Crippen molar-refractivity contribution < 1.29 is 17.9 Å². The van der Waals surface area contributed by atoms with Crippen molar-refractivity contribution in [1.82, 2.24) is 4.90 Å². The number of methoxy groups -OCH3 is 1. The van der Waals surface area contributed by atoms with E-state index in [1.807, 2.05) is 0 Å². The maximum Gasteiger partial charge on any atom is 0.416 e. The molecule has 1 unspecified atom stereocenters. The van der Waals surface area contributed by atoms with Crippen LogP contribution >= 0.6 is 0 Å². The van der Waals surface area contributed by atoms with Crippen LogP contribution in [-0.4, -0.2) is 31.2 Å². The molecule has 1 aromatic carbocycles. The van der Waals surface area contributed by atoms with Gasteiger partial charge in [0.1, 0.15) is 0 Å². The van der Waals surface area contributed by atoms with Crippen LogP contribution in [0.4, 0.5) is 13.2 Å². The molecule has 22 heavy (non-hydrogen) atoms. The molecule has 1 spiro atoms. The third-order valence-electron chi connectivity index (χ3n) is 5.41. The fourth-order valence-electron chi connectivity index (χ4n) is 3.82. The van der Waals surface area contributed by atoms with Crippen LogP contribution < -0.4 is 0 Å². The first-order valence-corrected chi connectivity index (χ1v) is 7.84. The van der Waals surface area contributed by atoms with Crippen LogP contribution in [0.2, 0.25) is 0 Å². The molecule has 3 rings (SSSR count). The lowest BCUT2D eigenvalue weighted by Crippen LogP contribution is -2.52. The molecule has 1 atom stereocenters. The van der Waals surface area contributed by atoms with Crippen molar-refractivity contribution in [2.75, 3.05) is 20.2 Å². The van der Waals surface area contributed by atoms with Gasteiger partial charge in [-0.1, -0.05) is 12.1 Å². The van der Waals surface area contributed by atoms with Gasteiger partial charge in [0.05, 0.1) is 11.7 Å². The molecule has 1 saturated carbocycles. The van der Waals surface area contributed by atoms with Gasteiger partial charge in [0.2, 0.25) is 0 Å². The summed E-state index contributed by atoms with van der Waals surface area (Å²) >= 11 is 0. The molecule has 0 bridgehead atoms. The smallest absolute Gasteiger partial charge is 0.381 e. The highest BCUT2D eigenvalue weighted by atomic mass is 19.4. The Kier molecular flexibility index (Phi) is 4.21. The Morgan fingerprint density at radius 3 is 2.23 bits per heavy atom. The first-order valence-electron chi connectivity index (χ1n) is 7.84. The highest BCUT2D eigenvalue weighted by Crippen LogP contribution is 2.50. The van der Waals surface area contributed by atoms with Crippen molar-refractivity contribution in [3.05, 3.63) is 35.4 Å². The Labute approximate surface area is 129 Å². The lowest BCUT2D eigenvalue weighted by Gasteiger charge is -2.53. The van der Waals surface area contributed by atoms with Crippen molar-refractivity contribution in [3.8, 4) is 0 Å². The topological polar surface area (TPSA) is 12.5 Å². The lowest BCUT2D eigenvalue weighted by molar-refractivity contribution is -0.137. The fourth-order valence-corrected chi connectivity index (χ4v) is 3.82. The minimum absolute atomic E-state index is 0.366. The molecule has 1 aliphatic carbocycles. The summed E-state index contributed by atoms with van der Waals surface area (Å²) in [5.41, 5.74) is 0.734. The lowest BCUT2D eigenvalue weighted by atomic mass is 9.61. The van der Waals surface area contributed by atoms with E-state index in [0.29, 0.717) is 11.5 Å². The number of hydrogen-bond acceptors (Lipinski definition) is 2. The van der Waals surface area contributed by atoms with Crippen molar-refractivity contribution in [1.29, 1.82) is 0 Å². The monoisotopic (exact) mass is 313 g/mol. The summed E-state index contributed by atoms with van der Waals surface area (Å²) in [6, 6.07) is 5.53. The molecule has 0 aromatic heterocycles. The molecule has 0 amide bonds. The van der Waals surface area contributed by atoms with Gasteiger partial charge in [0.25, 0.3) is 0 Å². The number of benzene rings is 1. The van der Waals surface area contributed by atoms with E-state index < -0.39 is 11.7 Å². The van der Waals surface area contributed by atoms with Crippen LogP contribution in [0.3, 0.4) is 0 Å². The molecule has 2 fully saturated rings. The fraction of sp³-hybridized carbons (Fsp3) is 0.647. The standard InChI is InChI=1S/C17H22F3NO/c1-22-15-6-7-16(15)8-10-21(11-9-16)12-13-2-4-14(5-3-13)17(18,19)20/h2-5,15H,6-12H2,1H3. The molecule has 1 heterocycles. The second kappa shape index (κ2) is 5.85. The second-order valence-electron chi connectivity index (χ2n) is 6.60. The number of ether oxygens (including phenoxy) is 1. The Morgan fingerprint density at radius 2 is 1.77 bits per heavy atom. The number of alkyl halides is 3. The first kappa shape index (κ1) is 15.8. The predicted molar refractivity (Wildman–Crippen MR) is 78.4 cm³/mol. The van der Waals surface area contributed by atoms with Gasteiger partial charge in [0, 0.05) is 13.7 Å². The van der Waals surface area contributed by atoms with Crippen LogP contribution in [0.5, 0.6) is 0 Å². The van der Waals surface area contributed by atoms with Crippen LogP contribution in [0, 0.1) is 5.41 Å². The molecule has 1 aliphatic heterocycles. The number of halogens is 3. The average Bonchev–Trinajstić information content (AvgIpc) is 2.47. The van der Waals surface area contributed by atoms with Gasteiger partial charge >= 0.3 is 6.18 Å². The summed E-state index contributed by atoms with van der Waals surface area (Å²) in [4.78, 5) is 2.33. The third kappa shape index (κ3) is 3.01. The summed E-state index contributed by atoms with van der Waals surface area (Å²) in [7, 11) is 1.79. The molecule has 1 aromatic rings. The van der Waals surface area contributed by atoms with E-state index in [2.05, 4.69) is 4.90 Å². The zero-order valence-electron chi connectivity index (χ0n) is 12.8. The number of hydrogen-bond donors (Lipinski definition) is 0. The summed E-state index contributed by atoms with van der Waals surface area (Å²) in [5.74, 6) is 0. The highest BCUT2D eigenvalue weighted by molar-refractivity contribution is 5.24. The van der Waals surface area contributed by atoms with E-state index in [1.165, 1.54) is 18.6 Å². The van der Waals surface area contributed by atoms with Gasteiger partial charge in [-0.2, -0.15) is 13.2 Å². The Morgan fingerprint density at radius 1 is 1.14 bits per heavy atom. The molecule has 0 radical (unpaired) electrons. The van der Waals surface area contributed by atoms with Gasteiger partial charge in [-0.3, -0.25) is 4.90 Å². The van der Waals surface area contributed by atoms with Crippen molar-refractivity contribution in [2.45, 2.75) is 44.5 Å². The maximum absolute atomic E-state index is 12.6. The average molecular weight is 313 g/mol. The van der Waals surface area contributed by atoms with E-state index in [-0.39, 0.29) is 0 Å². The SMILES string of the molecule is COC1CCC12CCN(Cc1ccc(C(F)(F)F)cc1)CC2. The summed E-state index contributed by atoms with van der Waals surface area (Å²) in [6.07, 6.45) is 0.823. The first-order chi connectivity index (χ1) is 10.4. The largest absolute Gasteiger partial charge is 0.416 e. The number of piperidine rings is 1. The van der Waals surface area contributed by atoms with Crippen LogP contribution in [0.25, 0.3) is 0 Å².